The van der Waals surface area contributed by atoms with Crippen molar-refractivity contribution < 1.29 is 22.9 Å². The summed E-state index contributed by atoms with van der Waals surface area (Å²) >= 11 is 0. The van der Waals surface area contributed by atoms with Crippen LogP contribution in [0.15, 0.2) is 36.4 Å². The molecule has 30 heavy (non-hydrogen) atoms. The van der Waals surface area contributed by atoms with Crippen molar-refractivity contribution in [2.75, 3.05) is 29.5 Å². The first-order chi connectivity index (χ1) is 14.0. The van der Waals surface area contributed by atoms with Crippen LogP contribution in [-0.2, 0) is 14.8 Å². The molecule has 0 bridgehead atoms. The van der Waals surface area contributed by atoms with Crippen LogP contribution in [0.5, 0.6) is 5.75 Å². The number of amides is 1. The lowest BCUT2D eigenvalue weighted by molar-refractivity contribution is -0.384. The fourth-order valence-electron chi connectivity index (χ4n) is 2.88. The van der Waals surface area contributed by atoms with Gasteiger partial charge >= 0.3 is 0 Å². The SMILES string of the molecule is COc1ccc([N+](=O)[O-])cc1N(CCCC(=O)Nc1ccc(C)c(C)c1)S(C)(=O)=O. The largest absolute Gasteiger partial charge is 0.495 e. The Bertz CT molecular complexity index is 1050. The highest BCUT2D eigenvalue weighted by Crippen LogP contribution is 2.33. The van der Waals surface area contributed by atoms with Crippen LogP contribution in [0.4, 0.5) is 17.1 Å². The minimum atomic E-state index is -3.76. The molecule has 2 aromatic rings. The lowest BCUT2D eigenvalue weighted by atomic mass is 10.1. The Kier molecular flexibility index (Phi) is 7.38. The summed E-state index contributed by atoms with van der Waals surface area (Å²) in [5.41, 5.74) is 2.63. The Balaban J connectivity index is 2.13. The van der Waals surface area contributed by atoms with Gasteiger partial charge in [0.05, 0.1) is 18.3 Å². The number of benzene rings is 2. The van der Waals surface area contributed by atoms with Crippen LogP contribution in [0, 0.1) is 24.0 Å². The molecule has 162 valence electrons. The normalized spacial score (nSPS) is 11.1. The summed E-state index contributed by atoms with van der Waals surface area (Å²) in [5.74, 6) is -0.0664. The van der Waals surface area contributed by atoms with E-state index in [1.165, 1.54) is 19.2 Å². The molecule has 9 nitrogen and oxygen atoms in total. The minimum Gasteiger partial charge on any atom is -0.495 e. The maximum absolute atomic E-state index is 12.3. The number of nitrogens with zero attached hydrogens (tertiary/aromatic N) is 2. The number of aryl methyl sites for hydroxylation is 2. The average molecular weight is 436 g/mol. The van der Waals surface area contributed by atoms with E-state index in [4.69, 9.17) is 4.74 Å². The average Bonchev–Trinajstić information content (AvgIpc) is 2.66. The van der Waals surface area contributed by atoms with Crippen LogP contribution < -0.4 is 14.4 Å². The number of methoxy groups -OCH3 is 1. The van der Waals surface area contributed by atoms with Crippen LogP contribution in [0.2, 0.25) is 0 Å². The Morgan fingerprint density at radius 2 is 1.87 bits per heavy atom. The molecule has 10 heteroatoms. The van der Waals surface area contributed by atoms with E-state index >= 15 is 0 Å². The minimum absolute atomic E-state index is 0.0310. The first kappa shape index (κ1) is 23.1. The lowest BCUT2D eigenvalue weighted by Gasteiger charge is -2.24. The second-order valence-corrected chi connectivity index (χ2v) is 8.81. The van der Waals surface area contributed by atoms with E-state index in [2.05, 4.69) is 5.32 Å². The standard InChI is InChI=1S/C20H25N3O6S/c1-14-7-8-16(12-15(14)2)21-20(24)6-5-11-22(30(4,27)28)18-13-17(23(25)26)9-10-19(18)29-3/h7-10,12-13H,5-6,11H2,1-4H3,(H,21,24). The van der Waals surface area contributed by atoms with E-state index < -0.39 is 14.9 Å². The number of nitro benzene ring substituents is 1. The molecule has 0 aliphatic rings. The number of non-ortho nitro benzene ring substituents is 1. The summed E-state index contributed by atoms with van der Waals surface area (Å²) in [4.78, 5) is 22.7. The molecular weight excluding hydrogens is 410 g/mol. The molecule has 0 radical (unpaired) electrons. The number of sulfonamides is 1. The highest BCUT2D eigenvalue weighted by atomic mass is 32.2. The predicted molar refractivity (Wildman–Crippen MR) is 116 cm³/mol. The van der Waals surface area contributed by atoms with Crippen LogP contribution in [0.3, 0.4) is 0 Å². The van der Waals surface area contributed by atoms with Crippen molar-refractivity contribution in [2.24, 2.45) is 0 Å². The highest BCUT2D eigenvalue weighted by Gasteiger charge is 2.24. The smallest absolute Gasteiger partial charge is 0.271 e. The first-order valence-corrected chi connectivity index (χ1v) is 11.0. The Labute approximate surface area is 175 Å². The van der Waals surface area contributed by atoms with Gasteiger partial charge in [0.15, 0.2) is 0 Å². The van der Waals surface area contributed by atoms with Crippen molar-refractivity contribution in [3.63, 3.8) is 0 Å². The topological polar surface area (TPSA) is 119 Å². The van der Waals surface area contributed by atoms with Crippen LogP contribution in [-0.4, -0.2) is 39.2 Å². The fourth-order valence-corrected chi connectivity index (χ4v) is 3.84. The summed E-state index contributed by atoms with van der Waals surface area (Å²) in [7, 11) is -2.41. The molecule has 2 aromatic carbocycles. The molecule has 0 fully saturated rings. The molecule has 0 saturated heterocycles. The van der Waals surface area contributed by atoms with Gasteiger partial charge in [0.25, 0.3) is 5.69 Å². The summed E-state index contributed by atoms with van der Waals surface area (Å²) in [6.45, 7) is 3.89. The van der Waals surface area contributed by atoms with Gasteiger partial charge in [0, 0.05) is 30.8 Å². The molecular formula is C20H25N3O6S. The monoisotopic (exact) mass is 435 g/mol. The second-order valence-electron chi connectivity index (χ2n) is 6.90. The van der Waals surface area contributed by atoms with E-state index in [9.17, 15) is 23.3 Å². The van der Waals surface area contributed by atoms with Crippen LogP contribution in [0.1, 0.15) is 24.0 Å². The van der Waals surface area contributed by atoms with Crippen molar-refractivity contribution in [3.8, 4) is 5.75 Å². The number of rotatable bonds is 9. The second kappa shape index (κ2) is 9.57. The van der Waals surface area contributed by atoms with Gasteiger partial charge in [-0.1, -0.05) is 6.07 Å². The van der Waals surface area contributed by atoms with E-state index in [0.29, 0.717) is 5.69 Å². The highest BCUT2D eigenvalue weighted by molar-refractivity contribution is 7.92. The van der Waals surface area contributed by atoms with Gasteiger partial charge in [0.1, 0.15) is 11.4 Å². The van der Waals surface area contributed by atoms with Gasteiger partial charge < -0.3 is 10.1 Å². The molecule has 0 saturated carbocycles. The fraction of sp³-hybridized carbons (Fsp3) is 0.350. The molecule has 1 amide bonds. The molecule has 0 atom stereocenters. The van der Waals surface area contributed by atoms with Gasteiger partial charge in [0.2, 0.25) is 15.9 Å². The summed E-state index contributed by atoms with van der Waals surface area (Å²) in [5, 5.41) is 13.9. The Morgan fingerprint density at radius 3 is 2.43 bits per heavy atom. The number of carbonyl (C=O) groups is 1. The third-order valence-corrected chi connectivity index (χ3v) is 5.78. The zero-order valence-electron chi connectivity index (χ0n) is 17.3. The predicted octanol–water partition coefficient (Wildman–Crippen LogP) is 3.41. The molecule has 0 unspecified atom stereocenters. The van der Waals surface area contributed by atoms with Crippen LogP contribution in [0.25, 0.3) is 0 Å². The zero-order chi connectivity index (χ0) is 22.5. The zero-order valence-corrected chi connectivity index (χ0v) is 18.2. The van der Waals surface area contributed by atoms with E-state index in [1.54, 1.807) is 6.07 Å². The number of anilines is 2. The first-order valence-electron chi connectivity index (χ1n) is 9.20. The van der Waals surface area contributed by atoms with Crippen molar-refractivity contribution in [2.45, 2.75) is 26.7 Å². The number of nitro groups is 1. The van der Waals surface area contributed by atoms with E-state index in [-0.39, 0.29) is 42.4 Å². The van der Waals surface area contributed by atoms with Gasteiger partial charge in [-0.15, -0.1) is 0 Å². The number of hydrogen-bond donors (Lipinski definition) is 1. The molecule has 2 rings (SSSR count). The van der Waals surface area contributed by atoms with Crippen molar-refractivity contribution in [1.29, 1.82) is 0 Å². The van der Waals surface area contributed by atoms with Gasteiger partial charge in [-0.3, -0.25) is 19.2 Å². The Hall–Kier alpha value is -3.14. The molecule has 0 aromatic heterocycles. The number of ether oxygens (including phenoxy) is 1. The maximum atomic E-state index is 12.3. The summed E-state index contributed by atoms with van der Waals surface area (Å²) < 4.78 is 30.8. The molecule has 1 N–H and O–H groups in total. The third kappa shape index (κ3) is 5.93. The Morgan fingerprint density at radius 1 is 1.17 bits per heavy atom. The van der Waals surface area contributed by atoms with Crippen LogP contribution >= 0.6 is 0 Å². The van der Waals surface area contributed by atoms with E-state index in [1.807, 2.05) is 26.0 Å². The molecule has 0 heterocycles. The van der Waals surface area contributed by atoms with Gasteiger partial charge in [-0.2, -0.15) is 0 Å². The number of hydrogen-bond acceptors (Lipinski definition) is 6. The maximum Gasteiger partial charge on any atom is 0.271 e. The van der Waals surface area contributed by atoms with E-state index in [0.717, 1.165) is 27.8 Å². The molecule has 0 spiro atoms. The summed E-state index contributed by atoms with van der Waals surface area (Å²) in [6.07, 6.45) is 1.30. The van der Waals surface area contributed by atoms with Crippen molar-refractivity contribution in [3.05, 3.63) is 57.6 Å². The molecule has 0 aliphatic carbocycles. The number of carbonyl (C=O) groups excluding carboxylic acids is 1. The lowest BCUT2D eigenvalue weighted by Crippen LogP contribution is -2.32. The van der Waals surface area contributed by atoms with Gasteiger partial charge in [-0.05, 0) is 49.6 Å². The summed E-state index contributed by atoms with van der Waals surface area (Å²) in [6, 6.07) is 9.30. The number of nitrogens with one attached hydrogen (secondary N) is 1. The van der Waals surface area contributed by atoms with Gasteiger partial charge in [-0.25, -0.2) is 8.42 Å². The van der Waals surface area contributed by atoms with Crippen molar-refractivity contribution in [1.82, 2.24) is 0 Å². The quantitative estimate of drug-likeness (QED) is 0.476. The van der Waals surface area contributed by atoms with Crippen molar-refractivity contribution >= 4 is 33.0 Å². The molecule has 0 aliphatic heterocycles. The third-order valence-electron chi connectivity index (χ3n) is 4.60.